The second-order valence-corrected chi connectivity index (χ2v) is 6.25. The molecular weight excluding hydrogens is 346 g/mol. The van der Waals surface area contributed by atoms with E-state index in [1.165, 1.54) is 30.0 Å². The largest absolute Gasteiger partial charge is 0.392 e. The lowest BCUT2D eigenvalue weighted by atomic mass is 10.1. The summed E-state index contributed by atoms with van der Waals surface area (Å²) in [6, 6.07) is 10.8. The number of halogens is 3. The highest BCUT2D eigenvalue weighted by Gasteiger charge is 2.11. The zero-order valence-electron chi connectivity index (χ0n) is 10.5. The van der Waals surface area contributed by atoms with Gasteiger partial charge >= 0.3 is 0 Å². The van der Waals surface area contributed by atoms with E-state index in [9.17, 15) is 13.9 Å². The Hall–Kier alpha value is -0.910. The van der Waals surface area contributed by atoms with Crippen molar-refractivity contribution in [2.75, 3.05) is 5.75 Å². The van der Waals surface area contributed by atoms with Gasteiger partial charge in [-0.3, -0.25) is 0 Å². The third-order valence-corrected chi connectivity index (χ3v) is 4.70. The molecule has 0 amide bonds. The predicted molar refractivity (Wildman–Crippen MR) is 80.9 cm³/mol. The van der Waals surface area contributed by atoms with Gasteiger partial charge in [0.05, 0.1) is 6.10 Å². The van der Waals surface area contributed by atoms with E-state index in [4.69, 9.17) is 0 Å². The molecule has 0 saturated carbocycles. The van der Waals surface area contributed by atoms with E-state index in [-0.39, 0.29) is 11.6 Å². The molecular formula is C15H13BrF2OS. The molecule has 0 spiro atoms. The van der Waals surface area contributed by atoms with Gasteiger partial charge in [-0.25, -0.2) is 8.78 Å². The maximum atomic E-state index is 13.4. The van der Waals surface area contributed by atoms with Crippen molar-refractivity contribution in [1.29, 1.82) is 0 Å². The van der Waals surface area contributed by atoms with Crippen LogP contribution in [0, 0.1) is 11.6 Å². The Bertz CT molecular complexity index is 592. The van der Waals surface area contributed by atoms with Gasteiger partial charge in [-0.2, -0.15) is 0 Å². The minimum Gasteiger partial charge on any atom is -0.392 e. The normalized spacial score (nSPS) is 12.4. The second kappa shape index (κ2) is 7.20. The minimum atomic E-state index is -0.669. The molecule has 1 N–H and O–H groups in total. The lowest BCUT2D eigenvalue weighted by Gasteiger charge is -2.12. The molecule has 1 nitrogen and oxygen atoms in total. The number of rotatable bonds is 5. The summed E-state index contributed by atoms with van der Waals surface area (Å²) in [6.07, 6.45) is -0.350. The van der Waals surface area contributed by atoms with E-state index < -0.39 is 6.10 Å². The molecule has 1 atom stereocenters. The topological polar surface area (TPSA) is 20.2 Å². The van der Waals surface area contributed by atoms with Crippen molar-refractivity contribution >= 4 is 27.7 Å². The Balaban J connectivity index is 1.94. The van der Waals surface area contributed by atoms with Crippen LogP contribution >= 0.6 is 27.7 Å². The Morgan fingerprint density at radius 2 is 1.90 bits per heavy atom. The van der Waals surface area contributed by atoms with Gasteiger partial charge in [0.25, 0.3) is 0 Å². The second-order valence-electron chi connectivity index (χ2n) is 4.34. The van der Waals surface area contributed by atoms with Gasteiger partial charge in [-0.1, -0.05) is 28.1 Å². The van der Waals surface area contributed by atoms with E-state index in [0.717, 1.165) is 4.47 Å². The molecule has 0 fully saturated rings. The highest BCUT2D eigenvalue weighted by molar-refractivity contribution is 9.10. The predicted octanol–water partition coefficient (Wildman–Crippen LogP) is 4.42. The van der Waals surface area contributed by atoms with Crippen molar-refractivity contribution in [1.82, 2.24) is 0 Å². The third-order valence-electron chi connectivity index (χ3n) is 2.73. The van der Waals surface area contributed by atoms with Gasteiger partial charge in [0, 0.05) is 21.5 Å². The van der Waals surface area contributed by atoms with Crippen molar-refractivity contribution < 1.29 is 13.9 Å². The molecule has 0 aliphatic heterocycles. The van der Waals surface area contributed by atoms with Gasteiger partial charge < -0.3 is 5.11 Å². The molecule has 20 heavy (non-hydrogen) atoms. The smallest absolute Gasteiger partial charge is 0.136 e. The first-order chi connectivity index (χ1) is 9.56. The van der Waals surface area contributed by atoms with Crippen LogP contribution in [-0.2, 0) is 6.42 Å². The summed E-state index contributed by atoms with van der Waals surface area (Å²) in [4.78, 5) is 0.504. The maximum absolute atomic E-state index is 13.4. The van der Waals surface area contributed by atoms with Crippen molar-refractivity contribution in [2.24, 2.45) is 0 Å². The van der Waals surface area contributed by atoms with Crippen LogP contribution in [0.5, 0.6) is 0 Å². The quantitative estimate of drug-likeness (QED) is 0.798. The van der Waals surface area contributed by atoms with Crippen molar-refractivity contribution in [3.8, 4) is 0 Å². The van der Waals surface area contributed by atoms with Gasteiger partial charge in [0.2, 0.25) is 0 Å². The number of hydrogen-bond donors (Lipinski definition) is 1. The molecule has 2 aromatic carbocycles. The molecule has 0 saturated heterocycles. The number of hydrogen-bond acceptors (Lipinski definition) is 2. The first-order valence-electron chi connectivity index (χ1n) is 6.05. The lowest BCUT2D eigenvalue weighted by Crippen LogP contribution is -2.14. The zero-order chi connectivity index (χ0) is 14.5. The molecule has 0 heterocycles. The van der Waals surface area contributed by atoms with E-state index in [2.05, 4.69) is 15.9 Å². The van der Waals surface area contributed by atoms with Gasteiger partial charge in [-0.05, 0) is 35.9 Å². The van der Waals surface area contributed by atoms with Crippen molar-refractivity contribution in [3.63, 3.8) is 0 Å². The number of thioether (sulfide) groups is 1. The summed E-state index contributed by atoms with van der Waals surface area (Å²) in [5.74, 6) is -0.280. The standard InChI is InChI=1S/C15H13BrF2OS/c16-13-6-5-11(17)7-10(13)8-12(19)9-20-15-4-2-1-3-14(15)18/h1-7,12,19H,8-9H2. The maximum Gasteiger partial charge on any atom is 0.136 e. The molecule has 2 rings (SSSR count). The van der Waals surface area contributed by atoms with Crippen LogP contribution in [0.25, 0.3) is 0 Å². The molecule has 5 heteroatoms. The van der Waals surface area contributed by atoms with E-state index in [1.54, 1.807) is 24.3 Å². The van der Waals surface area contributed by atoms with Crippen LogP contribution in [0.3, 0.4) is 0 Å². The fraction of sp³-hybridized carbons (Fsp3) is 0.200. The molecule has 0 aliphatic carbocycles. The highest BCUT2D eigenvalue weighted by atomic mass is 79.9. The molecule has 2 aromatic rings. The van der Waals surface area contributed by atoms with Crippen molar-refractivity contribution in [2.45, 2.75) is 17.4 Å². The number of benzene rings is 2. The highest BCUT2D eigenvalue weighted by Crippen LogP contribution is 2.24. The Morgan fingerprint density at radius 1 is 1.15 bits per heavy atom. The lowest BCUT2D eigenvalue weighted by molar-refractivity contribution is 0.200. The SMILES string of the molecule is OC(CSc1ccccc1F)Cc1cc(F)ccc1Br. The Kier molecular flexibility index (Phi) is 5.57. The average molecular weight is 359 g/mol. The fourth-order valence-electron chi connectivity index (χ4n) is 1.76. The van der Waals surface area contributed by atoms with Gasteiger partial charge in [0.1, 0.15) is 11.6 Å². The average Bonchev–Trinajstić information content (AvgIpc) is 2.42. The first kappa shape index (κ1) is 15.5. The van der Waals surface area contributed by atoms with Gasteiger partial charge in [-0.15, -0.1) is 11.8 Å². The number of aliphatic hydroxyl groups is 1. The minimum absolute atomic E-state index is 0.295. The number of aliphatic hydroxyl groups excluding tert-OH is 1. The molecule has 0 aliphatic rings. The summed E-state index contributed by atoms with van der Waals surface area (Å²) in [6.45, 7) is 0. The molecule has 1 unspecified atom stereocenters. The summed E-state index contributed by atoms with van der Waals surface area (Å²) in [7, 11) is 0. The van der Waals surface area contributed by atoms with Crippen LogP contribution in [0.1, 0.15) is 5.56 Å². The Morgan fingerprint density at radius 3 is 2.65 bits per heavy atom. The molecule has 0 bridgehead atoms. The Labute approximate surface area is 129 Å². The van der Waals surface area contributed by atoms with Crippen LogP contribution in [0.2, 0.25) is 0 Å². The monoisotopic (exact) mass is 358 g/mol. The third kappa shape index (κ3) is 4.30. The van der Waals surface area contributed by atoms with E-state index >= 15 is 0 Å². The van der Waals surface area contributed by atoms with Crippen molar-refractivity contribution in [3.05, 3.63) is 64.1 Å². The summed E-state index contributed by atoms with van der Waals surface area (Å²) >= 11 is 4.57. The van der Waals surface area contributed by atoms with Crippen LogP contribution in [0.4, 0.5) is 8.78 Å². The molecule has 106 valence electrons. The van der Waals surface area contributed by atoms with Crippen LogP contribution in [0.15, 0.2) is 51.8 Å². The van der Waals surface area contributed by atoms with Crippen LogP contribution in [-0.4, -0.2) is 17.0 Å². The molecule has 0 radical (unpaired) electrons. The first-order valence-corrected chi connectivity index (χ1v) is 7.83. The van der Waals surface area contributed by atoms with Crippen LogP contribution < -0.4 is 0 Å². The summed E-state index contributed by atoms with van der Waals surface area (Å²) < 4.78 is 27.3. The van der Waals surface area contributed by atoms with Gasteiger partial charge in [0.15, 0.2) is 0 Å². The van der Waals surface area contributed by atoms with E-state index in [0.29, 0.717) is 22.6 Å². The summed E-state index contributed by atoms with van der Waals surface area (Å²) in [5, 5.41) is 9.98. The van der Waals surface area contributed by atoms with E-state index in [1.807, 2.05) is 0 Å². The fourth-order valence-corrected chi connectivity index (χ4v) is 3.04. The summed E-state index contributed by atoms with van der Waals surface area (Å²) in [5.41, 5.74) is 0.701. The molecule has 0 aromatic heterocycles. The zero-order valence-corrected chi connectivity index (χ0v) is 12.9.